The van der Waals surface area contributed by atoms with Gasteiger partial charge in [-0.25, -0.2) is 4.79 Å². The van der Waals surface area contributed by atoms with Crippen molar-refractivity contribution in [1.82, 2.24) is 9.55 Å². The molecule has 1 aliphatic heterocycles. The highest BCUT2D eigenvalue weighted by Gasteiger charge is 2.45. The van der Waals surface area contributed by atoms with Gasteiger partial charge in [-0.15, -0.1) is 0 Å². The third kappa shape index (κ3) is 3.59. The number of aromatic amines is 1. The summed E-state index contributed by atoms with van der Waals surface area (Å²) in [4.78, 5) is 25.7. The summed E-state index contributed by atoms with van der Waals surface area (Å²) in [6, 6.07) is 0. The van der Waals surface area contributed by atoms with Crippen molar-refractivity contribution >= 4 is 22.6 Å². The molecule has 0 radical (unpaired) electrons. The SMILES string of the molecule is COCCOC1C(O)C(CI)OC1n1cc(C)c(=O)[nH]c1=O. The number of ether oxygens (including phenoxy) is 3. The van der Waals surface area contributed by atoms with Crippen LogP contribution in [0.15, 0.2) is 15.8 Å². The number of H-pyrrole nitrogens is 1. The first kappa shape index (κ1) is 17.6. The number of methoxy groups -OCH3 is 1. The van der Waals surface area contributed by atoms with Crippen molar-refractivity contribution in [2.45, 2.75) is 31.5 Å². The zero-order valence-corrected chi connectivity index (χ0v) is 14.5. The molecule has 0 spiro atoms. The number of aliphatic hydroxyl groups excluding tert-OH is 1. The van der Waals surface area contributed by atoms with Crippen molar-refractivity contribution in [2.24, 2.45) is 0 Å². The lowest BCUT2D eigenvalue weighted by Gasteiger charge is -2.22. The Hall–Kier alpha value is -0.750. The van der Waals surface area contributed by atoms with E-state index in [1.165, 1.54) is 10.8 Å². The van der Waals surface area contributed by atoms with E-state index in [1.54, 1.807) is 14.0 Å². The van der Waals surface area contributed by atoms with Crippen LogP contribution in [0.25, 0.3) is 0 Å². The van der Waals surface area contributed by atoms with Crippen LogP contribution in [0.4, 0.5) is 0 Å². The molecule has 1 aromatic rings. The zero-order chi connectivity index (χ0) is 16.3. The fourth-order valence-electron chi connectivity index (χ4n) is 2.29. The van der Waals surface area contributed by atoms with Crippen LogP contribution in [-0.4, -0.2) is 57.7 Å². The Bertz CT molecular complexity index is 615. The Morgan fingerprint density at radius 2 is 2.18 bits per heavy atom. The fourth-order valence-corrected chi connectivity index (χ4v) is 3.02. The number of halogens is 1. The van der Waals surface area contributed by atoms with E-state index in [4.69, 9.17) is 14.2 Å². The normalized spacial score (nSPS) is 28.2. The van der Waals surface area contributed by atoms with Crippen LogP contribution in [0.5, 0.6) is 0 Å². The van der Waals surface area contributed by atoms with Crippen LogP contribution in [-0.2, 0) is 14.2 Å². The van der Waals surface area contributed by atoms with Crippen LogP contribution >= 0.6 is 22.6 Å². The highest BCUT2D eigenvalue weighted by atomic mass is 127. The Kier molecular flexibility index (Phi) is 6.15. The van der Waals surface area contributed by atoms with Crippen molar-refractivity contribution < 1.29 is 19.3 Å². The Labute approximate surface area is 140 Å². The van der Waals surface area contributed by atoms with E-state index in [0.29, 0.717) is 16.6 Å². The average Bonchev–Trinajstić information content (AvgIpc) is 2.80. The Morgan fingerprint density at radius 3 is 2.82 bits per heavy atom. The highest BCUT2D eigenvalue weighted by Crippen LogP contribution is 2.31. The first-order valence-corrected chi connectivity index (χ1v) is 8.34. The second kappa shape index (κ2) is 7.68. The quantitative estimate of drug-likeness (QED) is 0.364. The van der Waals surface area contributed by atoms with Gasteiger partial charge in [0, 0.05) is 23.3 Å². The van der Waals surface area contributed by atoms with Gasteiger partial charge in [0.2, 0.25) is 0 Å². The van der Waals surface area contributed by atoms with Crippen molar-refractivity contribution in [1.29, 1.82) is 0 Å². The first-order chi connectivity index (χ1) is 10.5. The summed E-state index contributed by atoms with van der Waals surface area (Å²) >= 11 is 2.10. The van der Waals surface area contributed by atoms with E-state index in [1.807, 2.05) is 0 Å². The minimum atomic E-state index is -0.863. The summed E-state index contributed by atoms with van der Waals surface area (Å²) in [5.74, 6) is 0. The molecule has 2 N–H and O–H groups in total. The molecule has 1 aliphatic rings. The van der Waals surface area contributed by atoms with Crippen LogP contribution in [0.1, 0.15) is 11.8 Å². The van der Waals surface area contributed by atoms with Gasteiger partial charge in [0.05, 0.1) is 19.3 Å². The van der Waals surface area contributed by atoms with E-state index in [9.17, 15) is 14.7 Å². The molecule has 0 amide bonds. The molecule has 2 heterocycles. The van der Waals surface area contributed by atoms with Gasteiger partial charge in [-0.1, -0.05) is 22.6 Å². The van der Waals surface area contributed by atoms with Gasteiger partial charge in [-0.05, 0) is 6.92 Å². The van der Waals surface area contributed by atoms with E-state index in [-0.39, 0.29) is 6.61 Å². The fraction of sp³-hybridized carbons (Fsp3) is 0.692. The summed E-state index contributed by atoms with van der Waals surface area (Å²) in [7, 11) is 1.55. The Balaban J connectivity index is 2.31. The number of rotatable bonds is 6. The van der Waals surface area contributed by atoms with Gasteiger partial charge < -0.3 is 19.3 Å². The van der Waals surface area contributed by atoms with Crippen molar-refractivity contribution in [2.75, 3.05) is 24.8 Å². The summed E-state index contributed by atoms with van der Waals surface area (Å²) in [6.45, 7) is 2.23. The van der Waals surface area contributed by atoms with Gasteiger partial charge in [0.25, 0.3) is 5.56 Å². The van der Waals surface area contributed by atoms with Gasteiger partial charge in [0.15, 0.2) is 6.23 Å². The van der Waals surface area contributed by atoms with Gasteiger partial charge in [0.1, 0.15) is 12.2 Å². The van der Waals surface area contributed by atoms with E-state index >= 15 is 0 Å². The van der Waals surface area contributed by atoms with Crippen molar-refractivity contribution in [3.8, 4) is 0 Å². The molecule has 1 fully saturated rings. The molecule has 8 nitrogen and oxygen atoms in total. The number of nitrogens with one attached hydrogen (secondary N) is 1. The van der Waals surface area contributed by atoms with E-state index in [2.05, 4.69) is 27.6 Å². The molecule has 22 heavy (non-hydrogen) atoms. The maximum Gasteiger partial charge on any atom is 0.330 e. The third-order valence-electron chi connectivity index (χ3n) is 3.48. The molecular formula is C13H19IN2O6. The molecule has 1 aromatic heterocycles. The molecule has 9 heteroatoms. The molecule has 124 valence electrons. The maximum atomic E-state index is 12.0. The smallest absolute Gasteiger partial charge is 0.330 e. The predicted molar refractivity (Wildman–Crippen MR) is 86.5 cm³/mol. The van der Waals surface area contributed by atoms with Crippen LogP contribution < -0.4 is 11.2 Å². The van der Waals surface area contributed by atoms with Gasteiger partial charge in [-0.2, -0.15) is 0 Å². The summed E-state index contributed by atoms with van der Waals surface area (Å²) in [6.07, 6.45) is -1.40. The Morgan fingerprint density at radius 1 is 1.45 bits per heavy atom. The van der Waals surface area contributed by atoms with Gasteiger partial charge in [-0.3, -0.25) is 14.3 Å². The molecule has 4 unspecified atom stereocenters. The predicted octanol–water partition coefficient (Wildman–Crippen LogP) is -0.430. The van der Waals surface area contributed by atoms with Crippen LogP contribution in [0.3, 0.4) is 0 Å². The second-order valence-corrected chi connectivity index (χ2v) is 5.90. The summed E-state index contributed by atoms with van der Waals surface area (Å²) in [5.41, 5.74) is -0.657. The summed E-state index contributed by atoms with van der Waals surface area (Å²) in [5, 5.41) is 10.3. The molecule has 0 saturated carbocycles. The zero-order valence-electron chi connectivity index (χ0n) is 12.3. The number of hydrogen-bond donors (Lipinski definition) is 2. The minimum Gasteiger partial charge on any atom is -0.387 e. The number of alkyl halides is 1. The molecule has 0 bridgehead atoms. The van der Waals surface area contributed by atoms with Crippen molar-refractivity contribution in [3.63, 3.8) is 0 Å². The lowest BCUT2D eigenvalue weighted by molar-refractivity contribution is -0.0788. The number of nitrogens with zero attached hydrogens (tertiary/aromatic N) is 1. The maximum absolute atomic E-state index is 12.0. The average molecular weight is 426 g/mol. The van der Waals surface area contributed by atoms with E-state index in [0.717, 1.165) is 0 Å². The molecule has 2 rings (SSSR count). The number of aryl methyl sites for hydroxylation is 1. The lowest BCUT2D eigenvalue weighted by Crippen LogP contribution is -2.40. The monoisotopic (exact) mass is 426 g/mol. The first-order valence-electron chi connectivity index (χ1n) is 6.81. The number of aromatic nitrogens is 2. The topological polar surface area (TPSA) is 103 Å². The lowest BCUT2D eigenvalue weighted by atomic mass is 10.1. The standard InChI is InChI=1S/C13H19IN2O6/c1-7-6-16(13(19)15-11(7)18)12-10(21-4-3-20-2)9(17)8(5-14)22-12/h6,8-10,12,17H,3-5H2,1-2H3,(H,15,18,19). The van der Waals surface area contributed by atoms with Crippen molar-refractivity contribution in [3.05, 3.63) is 32.6 Å². The molecule has 4 atom stereocenters. The molecular weight excluding hydrogens is 407 g/mol. The van der Waals surface area contributed by atoms with E-state index < -0.39 is 35.8 Å². The van der Waals surface area contributed by atoms with Crippen LogP contribution in [0.2, 0.25) is 0 Å². The van der Waals surface area contributed by atoms with Crippen LogP contribution in [0, 0.1) is 6.92 Å². The highest BCUT2D eigenvalue weighted by molar-refractivity contribution is 14.1. The second-order valence-electron chi connectivity index (χ2n) is 5.02. The summed E-state index contributed by atoms with van der Waals surface area (Å²) < 4.78 is 18.1. The molecule has 0 aromatic carbocycles. The number of aliphatic hydroxyl groups is 1. The third-order valence-corrected chi connectivity index (χ3v) is 4.35. The number of hydrogen-bond acceptors (Lipinski definition) is 6. The molecule has 1 saturated heterocycles. The minimum absolute atomic E-state index is 0.267. The largest absolute Gasteiger partial charge is 0.387 e. The molecule has 0 aliphatic carbocycles. The van der Waals surface area contributed by atoms with Gasteiger partial charge >= 0.3 is 5.69 Å².